The predicted molar refractivity (Wildman–Crippen MR) is 123 cm³/mol. The van der Waals surface area contributed by atoms with Crippen molar-refractivity contribution in [3.05, 3.63) is 35.9 Å². The second kappa shape index (κ2) is 11.5. The minimum Gasteiger partial charge on any atom is -0.379 e. The Morgan fingerprint density at radius 3 is 2.33 bits per heavy atom. The van der Waals surface area contributed by atoms with Crippen LogP contribution >= 0.6 is 22.6 Å². The van der Waals surface area contributed by atoms with Gasteiger partial charge in [0.25, 0.3) is 5.91 Å². The molecule has 0 spiro atoms. The normalized spacial score (nSPS) is 17.5. The molecule has 168 valence electrons. The van der Waals surface area contributed by atoms with Gasteiger partial charge in [0, 0.05) is 19.5 Å². The van der Waals surface area contributed by atoms with Crippen LogP contribution in [0.2, 0.25) is 0 Å². The molecule has 1 unspecified atom stereocenters. The molecule has 2 N–H and O–H groups in total. The van der Waals surface area contributed by atoms with Crippen LogP contribution in [0, 0.1) is 5.92 Å². The number of carbonyl (C=O) groups excluding carboxylic acids is 2. The summed E-state index contributed by atoms with van der Waals surface area (Å²) in [5.41, 5.74) is 6.88. The van der Waals surface area contributed by atoms with E-state index in [0.29, 0.717) is 6.42 Å². The van der Waals surface area contributed by atoms with Gasteiger partial charge in [-0.1, -0.05) is 66.8 Å². The Hall–Kier alpha value is -1.08. The average Bonchev–Trinajstić information content (AvgIpc) is 2.73. The van der Waals surface area contributed by atoms with E-state index >= 15 is 0 Å². The lowest BCUT2D eigenvalue weighted by atomic mass is 10.0. The van der Waals surface area contributed by atoms with E-state index in [1.807, 2.05) is 66.8 Å². The number of amides is 1. The van der Waals surface area contributed by atoms with Crippen molar-refractivity contribution in [3.63, 3.8) is 0 Å². The summed E-state index contributed by atoms with van der Waals surface area (Å²) in [6, 6.07) is 6.92. The Morgan fingerprint density at radius 1 is 1.20 bits per heavy atom. The molecule has 1 heterocycles. The van der Waals surface area contributed by atoms with Gasteiger partial charge in [-0.2, -0.15) is 12.7 Å². The fraction of sp³-hybridized carbons (Fsp3) is 0.600. The molecule has 30 heavy (non-hydrogen) atoms. The first-order chi connectivity index (χ1) is 14.2. The summed E-state index contributed by atoms with van der Waals surface area (Å²) >= 11 is 1.90. The lowest BCUT2D eigenvalue weighted by molar-refractivity contribution is -0.134. The third kappa shape index (κ3) is 6.46. The van der Waals surface area contributed by atoms with Crippen molar-refractivity contribution in [1.82, 2.24) is 8.61 Å². The van der Waals surface area contributed by atoms with Gasteiger partial charge in [0.2, 0.25) is 0 Å². The molecule has 0 bridgehead atoms. The number of benzene rings is 1. The zero-order chi connectivity index (χ0) is 22.3. The van der Waals surface area contributed by atoms with E-state index in [1.165, 1.54) is 4.31 Å². The summed E-state index contributed by atoms with van der Waals surface area (Å²) in [6.45, 7) is 4.55. The summed E-state index contributed by atoms with van der Waals surface area (Å²) in [7, 11) is -4.25. The Balaban J connectivity index is 2.49. The number of ether oxygens (including phenoxy) is 1. The number of nitrogens with zero attached hydrogens (tertiary/aromatic N) is 2. The fourth-order valence-corrected chi connectivity index (χ4v) is 5.60. The van der Waals surface area contributed by atoms with E-state index in [9.17, 15) is 18.0 Å². The molecule has 1 aliphatic heterocycles. The number of nitrogens with two attached hydrogens (primary N) is 1. The van der Waals surface area contributed by atoms with Gasteiger partial charge in [-0.25, -0.2) is 4.31 Å². The highest BCUT2D eigenvalue weighted by Gasteiger charge is 2.43. The van der Waals surface area contributed by atoms with Crippen LogP contribution < -0.4 is 5.73 Å². The Morgan fingerprint density at radius 2 is 1.80 bits per heavy atom. The minimum atomic E-state index is -4.25. The van der Waals surface area contributed by atoms with Gasteiger partial charge in [-0.05, 0) is 17.9 Å². The standard InChI is InChI=1S/C20H30IN3O5S/c1-15(2)12-17(22)20(26)24(30(27,28)23-8-10-29-11-9-23)18(19(25)14-21)13-16-6-4-3-5-7-16/h3-7,15,17-18H,8-14,22H2,1-2H3/t17-,18?/m0/s1. The molecule has 1 amide bonds. The van der Waals surface area contributed by atoms with Crippen LogP contribution in [0.5, 0.6) is 0 Å². The molecule has 1 aromatic carbocycles. The van der Waals surface area contributed by atoms with Gasteiger partial charge in [0.05, 0.1) is 23.7 Å². The molecule has 1 fully saturated rings. The van der Waals surface area contributed by atoms with Crippen LogP contribution in [0.25, 0.3) is 0 Å². The molecule has 1 aromatic rings. The minimum absolute atomic E-state index is 0.0804. The molecule has 8 nitrogen and oxygen atoms in total. The zero-order valence-corrected chi connectivity index (χ0v) is 20.3. The highest BCUT2D eigenvalue weighted by atomic mass is 127. The molecule has 0 aliphatic carbocycles. The van der Waals surface area contributed by atoms with E-state index in [2.05, 4.69) is 0 Å². The van der Waals surface area contributed by atoms with Crippen molar-refractivity contribution < 1.29 is 22.7 Å². The molecule has 0 aromatic heterocycles. The SMILES string of the molecule is CC(C)C[C@H](N)C(=O)N(C(Cc1ccccc1)C(=O)CI)S(=O)(=O)N1CCOCC1. The smallest absolute Gasteiger partial charge is 0.307 e. The number of morpholine rings is 1. The van der Waals surface area contributed by atoms with Gasteiger partial charge in [0.15, 0.2) is 5.78 Å². The topological polar surface area (TPSA) is 110 Å². The van der Waals surface area contributed by atoms with Crippen LogP contribution in [0.15, 0.2) is 30.3 Å². The van der Waals surface area contributed by atoms with Gasteiger partial charge < -0.3 is 10.5 Å². The first-order valence-electron chi connectivity index (χ1n) is 9.97. The van der Waals surface area contributed by atoms with E-state index in [4.69, 9.17) is 10.5 Å². The molecule has 0 saturated carbocycles. The molecular formula is C20H30IN3O5S. The van der Waals surface area contributed by atoms with E-state index < -0.39 is 28.2 Å². The summed E-state index contributed by atoms with van der Waals surface area (Å²) in [5, 5.41) is 0. The highest BCUT2D eigenvalue weighted by Crippen LogP contribution is 2.22. The van der Waals surface area contributed by atoms with Crippen LogP contribution in [0.1, 0.15) is 25.8 Å². The molecule has 0 radical (unpaired) electrons. The number of hydrogen-bond acceptors (Lipinski definition) is 6. The lowest BCUT2D eigenvalue weighted by Gasteiger charge is -2.37. The van der Waals surface area contributed by atoms with Crippen molar-refractivity contribution in [2.45, 2.75) is 38.8 Å². The maximum Gasteiger partial charge on any atom is 0.307 e. The Bertz CT molecular complexity index is 813. The maximum atomic E-state index is 13.5. The van der Waals surface area contributed by atoms with Crippen LogP contribution in [-0.2, 0) is 31.0 Å². The lowest BCUT2D eigenvalue weighted by Crippen LogP contribution is -2.60. The molecule has 2 rings (SSSR count). The summed E-state index contributed by atoms with van der Waals surface area (Å²) in [5.74, 6) is -0.972. The third-order valence-electron chi connectivity index (χ3n) is 4.86. The van der Waals surface area contributed by atoms with E-state index in [-0.39, 0.29) is 48.9 Å². The first-order valence-corrected chi connectivity index (χ1v) is 12.9. The molecule has 1 saturated heterocycles. The predicted octanol–water partition coefficient (Wildman–Crippen LogP) is 1.38. The number of alkyl halides is 1. The Labute approximate surface area is 192 Å². The summed E-state index contributed by atoms with van der Waals surface area (Å²) < 4.78 is 34.4. The largest absolute Gasteiger partial charge is 0.379 e. The quantitative estimate of drug-likeness (QED) is 0.348. The number of hydrogen-bond donors (Lipinski definition) is 1. The molecular weight excluding hydrogens is 521 g/mol. The van der Waals surface area contributed by atoms with E-state index in [0.717, 1.165) is 9.87 Å². The van der Waals surface area contributed by atoms with Crippen molar-refractivity contribution in [2.24, 2.45) is 11.7 Å². The monoisotopic (exact) mass is 551 g/mol. The van der Waals surface area contributed by atoms with Crippen LogP contribution in [0.3, 0.4) is 0 Å². The number of rotatable bonds is 10. The average molecular weight is 551 g/mol. The van der Waals surface area contributed by atoms with Crippen molar-refractivity contribution in [2.75, 3.05) is 30.7 Å². The second-order valence-corrected chi connectivity index (χ2v) is 10.3. The Kier molecular flexibility index (Phi) is 9.67. The summed E-state index contributed by atoms with van der Waals surface area (Å²) in [6.07, 6.45) is 0.427. The zero-order valence-electron chi connectivity index (χ0n) is 17.4. The highest BCUT2D eigenvalue weighted by molar-refractivity contribution is 14.1. The van der Waals surface area contributed by atoms with Crippen molar-refractivity contribution in [3.8, 4) is 0 Å². The molecule has 10 heteroatoms. The van der Waals surface area contributed by atoms with Gasteiger partial charge >= 0.3 is 10.2 Å². The van der Waals surface area contributed by atoms with Crippen LogP contribution in [-0.4, -0.2) is 71.5 Å². The summed E-state index contributed by atoms with van der Waals surface area (Å²) in [4.78, 5) is 26.2. The fourth-order valence-electron chi connectivity index (χ4n) is 3.36. The number of Topliss-reactive ketones (excluding diaryl/α,β-unsaturated/α-hetero) is 1. The van der Waals surface area contributed by atoms with Gasteiger partial charge in [-0.3, -0.25) is 9.59 Å². The number of halogens is 1. The number of ketones is 1. The number of carbonyl (C=O) groups is 2. The second-order valence-electron chi connectivity index (χ2n) is 7.69. The van der Waals surface area contributed by atoms with Crippen molar-refractivity contribution >= 4 is 44.5 Å². The first kappa shape index (κ1) is 25.2. The van der Waals surface area contributed by atoms with Crippen LogP contribution in [0.4, 0.5) is 0 Å². The van der Waals surface area contributed by atoms with Gasteiger partial charge in [-0.15, -0.1) is 0 Å². The maximum absolute atomic E-state index is 13.5. The van der Waals surface area contributed by atoms with Gasteiger partial charge in [0.1, 0.15) is 6.04 Å². The molecule has 1 aliphatic rings. The third-order valence-corrected chi connectivity index (χ3v) is 7.56. The van der Waals surface area contributed by atoms with E-state index in [1.54, 1.807) is 0 Å². The van der Waals surface area contributed by atoms with Crippen molar-refractivity contribution in [1.29, 1.82) is 0 Å². The molecule has 2 atom stereocenters.